The highest BCUT2D eigenvalue weighted by molar-refractivity contribution is 7.86. The van der Waals surface area contributed by atoms with Gasteiger partial charge in [-0.15, -0.1) is 18.9 Å². The summed E-state index contributed by atoms with van der Waals surface area (Å²) in [5, 5.41) is 11.0. The van der Waals surface area contributed by atoms with Gasteiger partial charge in [0.25, 0.3) is 16.1 Å². The second-order valence-electron chi connectivity index (χ2n) is 17.0. The Labute approximate surface area is 304 Å². The summed E-state index contributed by atoms with van der Waals surface area (Å²) in [6.45, 7) is 19.1. The average molecular weight is 734 g/mol. The fourth-order valence-corrected chi connectivity index (χ4v) is 8.19. The molecule has 286 valence electrons. The summed E-state index contributed by atoms with van der Waals surface area (Å²) in [6, 6.07) is -4.61. The summed E-state index contributed by atoms with van der Waals surface area (Å²) in [7, 11) is -0.800. The van der Waals surface area contributed by atoms with Gasteiger partial charge in [0.05, 0.1) is 6.04 Å². The van der Waals surface area contributed by atoms with Gasteiger partial charge in [-0.3, -0.25) is 19.2 Å². The van der Waals surface area contributed by atoms with Crippen LogP contribution in [0.3, 0.4) is 0 Å². The van der Waals surface area contributed by atoms with Gasteiger partial charge in [-0.2, -0.15) is 17.0 Å². The van der Waals surface area contributed by atoms with Gasteiger partial charge in [-0.05, 0) is 47.3 Å². The van der Waals surface area contributed by atoms with E-state index >= 15 is 0 Å². The third kappa shape index (κ3) is 9.70. The van der Waals surface area contributed by atoms with Crippen LogP contribution in [0.5, 0.6) is 0 Å². The number of urea groups is 1. The predicted octanol–water partition coefficient (Wildman–Crippen LogP) is 1.64. The molecule has 5 amide bonds. The second kappa shape index (κ2) is 15.6. The Bertz CT molecular complexity index is 1520. The lowest BCUT2D eigenvalue weighted by atomic mass is 9.85. The van der Waals surface area contributed by atoms with Crippen molar-refractivity contribution < 1.29 is 32.4 Å². The van der Waals surface area contributed by atoms with Crippen LogP contribution in [0.1, 0.15) is 81.1 Å². The molecule has 1 saturated heterocycles. The molecule has 1 aliphatic heterocycles. The number of fused-ring (bicyclic) bond motifs is 1. The van der Waals surface area contributed by atoms with Gasteiger partial charge in [-0.25, -0.2) is 4.79 Å². The number of terminal acetylenes is 1. The third-order valence-electron chi connectivity index (χ3n) is 10.4. The van der Waals surface area contributed by atoms with Crippen LogP contribution in [0, 0.1) is 40.4 Å². The summed E-state index contributed by atoms with van der Waals surface area (Å²) in [4.78, 5) is 69.2. The van der Waals surface area contributed by atoms with Crippen molar-refractivity contribution in [1.29, 1.82) is 0 Å². The van der Waals surface area contributed by atoms with E-state index in [1.165, 1.54) is 33.7 Å². The van der Waals surface area contributed by atoms with Crippen molar-refractivity contribution in [3.05, 3.63) is 12.7 Å². The number of nitrogens with zero attached hydrogens (tertiary/aromatic N) is 3. The van der Waals surface area contributed by atoms with Gasteiger partial charge < -0.3 is 26.2 Å². The van der Waals surface area contributed by atoms with Gasteiger partial charge >= 0.3 is 6.03 Å². The Morgan fingerprint density at radius 2 is 1.63 bits per heavy atom. The standard InChI is InChI=1S/C36H59N7O7S/c1-13-15-16-24(28(44)31(46)37-19-14-2)38-30(45)27-26-23(36(26,9)10)20-42(27)32(47)29(35(6,7)8)40-33(48)39-25(34(3,4)5)21-43(22-17-18-22)51(49,50)41(11)12/h1,14,22-27,29H,2,15-21H2,3-12H3,(H,37,46)(H,38,45)(H2,39,40,48)/t23-,24?,25+,26-,27-,29+/m0/s1. The number of rotatable bonds is 16. The number of carbonyl (C=O) groups excluding carboxylic acids is 5. The number of hydrogen-bond donors (Lipinski definition) is 4. The van der Waals surface area contributed by atoms with E-state index in [0.717, 1.165) is 12.8 Å². The number of amides is 5. The molecule has 3 fully saturated rings. The van der Waals surface area contributed by atoms with Crippen LogP contribution in [0.15, 0.2) is 12.7 Å². The maximum atomic E-state index is 14.4. The normalized spacial score (nSPS) is 23.0. The Balaban J connectivity index is 1.85. The van der Waals surface area contributed by atoms with Crippen molar-refractivity contribution in [3.8, 4) is 12.3 Å². The zero-order valence-electron chi connectivity index (χ0n) is 32.0. The first-order valence-corrected chi connectivity index (χ1v) is 19.0. The highest BCUT2D eigenvalue weighted by Gasteiger charge is 2.70. The molecule has 6 atom stereocenters. The molecular weight excluding hydrogens is 675 g/mol. The predicted molar refractivity (Wildman–Crippen MR) is 195 cm³/mol. The minimum Gasteiger partial charge on any atom is -0.346 e. The Kier molecular flexibility index (Phi) is 12.9. The highest BCUT2D eigenvalue weighted by atomic mass is 32.2. The third-order valence-corrected chi connectivity index (χ3v) is 12.4. The lowest BCUT2D eigenvalue weighted by molar-refractivity contribution is -0.145. The SMILES string of the molecule is C#CCCC(NC(=O)[C@@H]1[C@@H]2[C@H](CN1C(=O)[C@@H](NC(=O)N[C@H](CN(C1CC1)S(=O)(=O)N(C)C)C(C)(C)C)C(C)(C)C)C2(C)C)C(=O)C(=O)NCC=C. The molecule has 4 N–H and O–H groups in total. The van der Waals surface area contributed by atoms with E-state index in [2.05, 4.69) is 33.8 Å². The molecule has 0 aromatic carbocycles. The Hall–Kier alpha value is -3.48. The number of carbonyl (C=O) groups is 5. The summed E-state index contributed by atoms with van der Waals surface area (Å²) < 4.78 is 29.0. The second-order valence-corrected chi connectivity index (χ2v) is 19.1. The van der Waals surface area contributed by atoms with E-state index in [0.29, 0.717) is 0 Å². The summed E-state index contributed by atoms with van der Waals surface area (Å²) in [5.41, 5.74) is -1.59. The molecule has 14 nitrogen and oxygen atoms in total. The lowest BCUT2D eigenvalue weighted by Crippen LogP contribution is -2.63. The molecule has 51 heavy (non-hydrogen) atoms. The highest BCUT2D eigenvalue weighted by Crippen LogP contribution is 2.65. The molecule has 1 unspecified atom stereocenters. The van der Waals surface area contributed by atoms with Crippen molar-refractivity contribution in [2.45, 2.75) is 111 Å². The Morgan fingerprint density at radius 3 is 2.12 bits per heavy atom. The topological polar surface area (TPSA) is 177 Å². The molecule has 3 rings (SSSR count). The fourth-order valence-electron chi connectivity index (χ4n) is 6.84. The van der Waals surface area contributed by atoms with E-state index in [9.17, 15) is 32.4 Å². The maximum Gasteiger partial charge on any atom is 0.315 e. The molecule has 2 saturated carbocycles. The van der Waals surface area contributed by atoms with Crippen LogP contribution in [0.25, 0.3) is 0 Å². The molecule has 0 spiro atoms. The Morgan fingerprint density at radius 1 is 1.02 bits per heavy atom. The molecule has 0 radical (unpaired) electrons. The van der Waals surface area contributed by atoms with E-state index < -0.39 is 74.7 Å². The maximum absolute atomic E-state index is 14.4. The van der Waals surface area contributed by atoms with Crippen LogP contribution in [0.2, 0.25) is 0 Å². The first-order valence-electron chi connectivity index (χ1n) is 17.6. The van der Waals surface area contributed by atoms with Crippen LogP contribution in [0.4, 0.5) is 4.79 Å². The number of nitrogens with one attached hydrogen (secondary N) is 4. The monoisotopic (exact) mass is 733 g/mol. The van der Waals surface area contributed by atoms with Gasteiger partial charge in [0.15, 0.2) is 0 Å². The first kappa shape index (κ1) is 41.9. The van der Waals surface area contributed by atoms with E-state index in [-0.39, 0.29) is 55.8 Å². The largest absolute Gasteiger partial charge is 0.346 e. The number of likely N-dealkylation sites (tertiary alicyclic amines) is 1. The zero-order valence-corrected chi connectivity index (χ0v) is 32.8. The first-order chi connectivity index (χ1) is 23.4. The van der Waals surface area contributed by atoms with Crippen LogP contribution >= 0.6 is 0 Å². The smallest absolute Gasteiger partial charge is 0.315 e. The van der Waals surface area contributed by atoms with Gasteiger partial charge in [0, 0.05) is 52.2 Å². The summed E-state index contributed by atoms with van der Waals surface area (Å²) in [6.07, 6.45) is 8.52. The lowest BCUT2D eigenvalue weighted by Gasteiger charge is -2.39. The number of Topliss-reactive ketones (excluding diaryl/α,β-unsaturated/α-hetero) is 1. The quantitative estimate of drug-likeness (QED) is 0.106. The van der Waals surface area contributed by atoms with Crippen molar-refractivity contribution in [2.24, 2.45) is 28.1 Å². The van der Waals surface area contributed by atoms with Crippen LogP contribution in [-0.2, 0) is 29.4 Å². The molecule has 15 heteroatoms. The zero-order chi connectivity index (χ0) is 38.9. The average Bonchev–Trinajstić information content (AvgIpc) is 3.89. The molecule has 0 bridgehead atoms. The van der Waals surface area contributed by atoms with Crippen molar-refractivity contribution in [3.63, 3.8) is 0 Å². The van der Waals surface area contributed by atoms with E-state index in [1.54, 1.807) is 0 Å². The summed E-state index contributed by atoms with van der Waals surface area (Å²) >= 11 is 0. The van der Waals surface area contributed by atoms with Crippen molar-refractivity contribution in [2.75, 3.05) is 33.7 Å². The number of hydrogen-bond acceptors (Lipinski definition) is 7. The van der Waals surface area contributed by atoms with E-state index in [1.807, 2.05) is 55.4 Å². The van der Waals surface area contributed by atoms with Gasteiger partial charge in [0.2, 0.25) is 17.6 Å². The molecule has 1 heterocycles. The van der Waals surface area contributed by atoms with Crippen molar-refractivity contribution in [1.82, 2.24) is 34.8 Å². The molecule has 0 aromatic heterocycles. The van der Waals surface area contributed by atoms with Crippen LogP contribution < -0.4 is 21.3 Å². The molecular formula is C36H59N7O7S. The fraction of sp³-hybridized carbons (Fsp3) is 0.750. The molecule has 2 aliphatic carbocycles. The van der Waals surface area contributed by atoms with Gasteiger partial charge in [-0.1, -0.05) is 61.5 Å². The molecule has 0 aromatic rings. The van der Waals surface area contributed by atoms with Gasteiger partial charge in [0.1, 0.15) is 12.1 Å². The van der Waals surface area contributed by atoms with E-state index in [4.69, 9.17) is 6.42 Å². The molecule has 3 aliphatic rings. The number of ketones is 1. The minimum absolute atomic E-state index is 0.0136. The van der Waals surface area contributed by atoms with Crippen molar-refractivity contribution >= 4 is 39.7 Å². The summed E-state index contributed by atoms with van der Waals surface area (Å²) in [5.74, 6) is -0.500. The number of piperidine rings is 1. The minimum atomic E-state index is -3.75. The van der Waals surface area contributed by atoms with Crippen LogP contribution in [-0.4, -0.2) is 115 Å².